The van der Waals surface area contributed by atoms with Gasteiger partial charge in [0.05, 0.1) is 36.5 Å². The number of nitrogens with zero attached hydrogens (tertiary/aromatic N) is 6. The van der Waals surface area contributed by atoms with Crippen LogP contribution in [0, 0.1) is 0 Å². The molecule has 0 N–H and O–H groups in total. The molecule has 9 nitrogen and oxygen atoms in total. The molecule has 0 aromatic carbocycles. The predicted molar refractivity (Wildman–Crippen MR) is 109 cm³/mol. The highest BCUT2D eigenvalue weighted by Gasteiger charge is 2.47. The molecule has 0 saturated carbocycles. The number of anilines is 1. The summed E-state index contributed by atoms with van der Waals surface area (Å²) in [5.41, 5.74) is 2.23. The average Bonchev–Trinajstić information content (AvgIpc) is 3.34. The van der Waals surface area contributed by atoms with Crippen molar-refractivity contribution in [2.45, 2.75) is 44.5 Å². The van der Waals surface area contributed by atoms with Gasteiger partial charge in [-0.25, -0.2) is 9.97 Å². The molecule has 2 aromatic rings. The monoisotopic (exact) mass is 412 g/mol. The number of carbonyl (C=O) groups excluding carboxylic acids is 1. The van der Waals surface area contributed by atoms with Crippen molar-refractivity contribution in [1.82, 2.24) is 24.6 Å². The first kappa shape index (κ1) is 19.4. The van der Waals surface area contributed by atoms with Gasteiger partial charge in [0.1, 0.15) is 5.69 Å². The van der Waals surface area contributed by atoms with E-state index in [1.54, 1.807) is 16.9 Å². The summed E-state index contributed by atoms with van der Waals surface area (Å²) >= 11 is 0. The quantitative estimate of drug-likeness (QED) is 0.731. The van der Waals surface area contributed by atoms with Crippen molar-refractivity contribution in [3.05, 3.63) is 35.4 Å². The minimum atomic E-state index is -0.292. The Kier molecular flexibility index (Phi) is 4.74. The average molecular weight is 412 g/mol. The molecular formula is C21H28N6O3. The van der Waals surface area contributed by atoms with Crippen LogP contribution in [0.25, 0.3) is 0 Å². The smallest absolute Gasteiger partial charge is 0.274 e. The summed E-state index contributed by atoms with van der Waals surface area (Å²) in [5, 5.41) is 4.27. The zero-order chi connectivity index (χ0) is 20.9. The third-order valence-corrected chi connectivity index (χ3v) is 6.27. The summed E-state index contributed by atoms with van der Waals surface area (Å²) in [6, 6.07) is 1.76. The molecule has 2 saturated heterocycles. The molecule has 160 valence electrons. The second-order valence-corrected chi connectivity index (χ2v) is 8.83. The molecule has 3 atom stereocenters. The van der Waals surface area contributed by atoms with Gasteiger partial charge in [-0.15, -0.1) is 0 Å². The van der Waals surface area contributed by atoms with E-state index in [0.29, 0.717) is 32.0 Å². The fourth-order valence-electron chi connectivity index (χ4n) is 4.93. The number of aromatic nitrogens is 4. The Morgan fingerprint density at radius 2 is 2.07 bits per heavy atom. The van der Waals surface area contributed by atoms with Gasteiger partial charge in [-0.1, -0.05) is 0 Å². The van der Waals surface area contributed by atoms with E-state index in [4.69, 9.17) is 14.5 Å². The normalized spacial score (nSPS) is 28.8. The zero-order valence-corrected chi connectivity index (χ0v) is 17.7. The van der Waals surface area contributed by atoms with Crippen LogP contribution in [0.3, 0.4) is 0 Å². The summed E-state index contributed by atoms with van der Waals surface area (Å²) in [4.78, 5) is 26.7. The number of aryl methyl sites for hydroxylation is 1. The van der Waals surface area contributed by atoms with E-state index in [1.165, 1.54) is 0 Å². The third-order valence-electron chi connectivity index (χ3n) is 6.27. The molecule has 30 heavy (non-hydrogen) atoms. The van der Waals surface area contributed by atoms with Gasteiger partial charge in [0, 0.05) is 51.2 Å². The fraction of sp³-hybridized carbons (Fsp3) is 0.619. The van der Waals surface area contributed by atoms with Gasteiger partial charge >= 0.3 is 0 Å². The fourth-order valence-corrected chi connectivity index (χ4v) is 4.93. The second kappa shape index (κ2) is 7.31. The first-order chi connectivity index (χ1) is 14.4. The van der Waals surface area contributed by atoms with Gasteiger partial charge in [-0.05, 0) is 26.3 Å². The van der Waals surface area contributed by atoms with Crippen molar-refractivity contribution < 1.29 is 14.3 Å². The van der Waals surface area contributed by atoms with Crippen molar-refractivity contribution in [3.63, 3.8) is 0 Å². The lowest BCUT2D eigenvalue weighted by Gasteiger charge is -2.38. The molecule has 0 unspecified atom stereocenters. The van der Waals surface area contributed by atoms with Crippen LogP contribution in [0.15, 0.2) is 18.5 Å². The first-order valence-electron chi connectivity index (χ1n) is 10.6. The summed E-state index contributed by atoms with van der Waals surface area (Å²) in [5.74, 6) is 0.705. The molecule has 2 aromatic heterocycles. The van der Waals surface area contributed by atoms with Crippen LogP contribution in [-0.2, 0) is 28.5 Å². The molecule has 2 fully saturated rings. The van der Waals surface area contributed by atoms with Gasteiger partial charge in [0.15, 0.2) is 0 Å². The van der Waals surface area contributed by atoms with Crippen LogP contribution in [0.1, 0.15) is 42.0 Å². The van der Waals surface area contributed by atoms with Gasteiger partial charge in [0.2, 0.25) is 5.95 Å². The lowest BCUT2D eigenvalue weighted by atomic mass is 9.80. The maximum atomic E-state index is 12.9. The van der Waals surface area contributed by atoms with Crippen molar-refractivity contribution in [2.75, 3.05) is 37.7 Å². The van der Waals surface area contributed by atoms with E-state index < -0.39 is 0 Å². The SMILES string of the molecule is C[C@@H]1CN(c2ncc3c(n2)[C@@]2(CCN(C(=O)c4ccn(C)n4)C2)COC3)C[C@H](C)O1. The molecule has 0 radical (unpaired) electrons. The van der Waals surface area contributed by atoms with E-state index >= 15 is 0 Å². The number of ether oxygens (including phenoxy) is 2. The van der Waals surface area contributed by atoms with E-state index in [-0.39, 0.29) is 23.5 Å². The van der Waals surface area contributed by atoms with Crippen molar-refractivity contribution in [1.29, 1.82) is 0 Å². The second-order valence-electron chi connectivity index (χ2n) is 8.83. The topological polar surface area (TPSA) is 85.6 Å². The Bertz CT molecular complexity index is 952. The number of morpholine rings is 1. The van der Waals surface area contributed by atoms with Gasteiger partial charge in [0.25, 0.3) is 5.91 Å². The largest absolute Gasteiger partial charge is 0.376 e. The number of amides is 1. The van der Waals surface area contributed by atoms with Crippen molar-refractivity contribution in [2.24, 2.45) is 7.05 Å². The molecule has 3 aliphatic heterocycles. The Labute approximate surface area is 176 Å². The number of likely N-dealkylation sites (tertiary alicyclic amines) is 1. The van der Waals surface area contributed by atoms with Crippen LogP contribution in [0.4, 0.5) is 5.95 Å². The predicted octanol–water partition coefficient (Wildman–Crippen LogP) is 1.14. The lowest BCUT2D eigenvalue weighted by Crippen LogP contribution is -2.47. The van der Waals surface area contributed by atoms with Gasteiger partial charge < -0.3 is 19.3 Å². The van der Waals surface area contributed by atoms with Crippen LogP contribution >= 0.6 is 0 Å². The third kappa shape index (κ3) is 3.35. The minimum Gasteiger partial charge on any atom is -0.376 e. The number of fused-ring (bicyclic) bond motifs is 2. The summed E-state index contributed by atoms with van der Waals surface area (Å²) in [6.07, 6.45) is 4.80. The maximum Gasteiger partial charge on any atom is 0.274 e. The number of carbonyl (C=O) groups is 1. The highest BCUT2D eigenvalue weighted by molar-refractivity contribution is 5.92. The Balaban J connectivity index is 1.42. The molecule has 5 heterocycles. The van der Waals surface area contributed by atoms with E-state index in [2.05, 4.69) is 28.8 Å². The van der Waals surface area contributed by atoms with Crippen molar-refractivity contribution in [3.8, 4) is 0 Å². The molecule has 3 aliphatic rings. The Morgan fingerprint density at radius 1 is 1.27 bits per heavy atom. The molecular weight excluding hydrogens is 384 g/mol. The standard InChI is InChI=1S/C21H28N6O3/c1-14-9-27(10-15(2)30-14)20-22-8-16-11-29-13-21(18(16)23-20)5-7-26(12-21)19(28)17-4-6-25(3)24-17/h4,6,8,14-15H,5,7,9-13H2,1-3H3/t14-,15+,21-/m1/s1. The Hall–Kier alpha value is -2.52. The van der Waals surface area contributed by atoms with Crippen LogP contribution < -0.4 is 4.90 Å². The highest BCUT2D eigenvalue weighted by Crippen LogP contribution is 2.40. The molecule has 1 amide bonds. The van der Waals surface area contributed by atoms with Crippen LogP contribution in [0.5, 0.6) is 0 Å². The Morgan fingerprint density at radius 3 is 2.80 bits per heavy atom. The van der Waals surface area contributed by atoms with E-state index in [9.17, 15) is 4.79 Å². The molecule has 0 aliphatic carbocycles. The van der Waals surface area contributed by atoms with Gasteiger partial charge in [-0.2, -0.15) is 5.10 Å². The summed E-state index contributed by atoms with van der Waals surface area (Å²) in [6.45, 7) is 8.04. The summed E-state index contributed by atoms with van der Waals surface area (Å²) in [7, 11) is 1.82. The van der Waals surface area contributed by atoms with E-state index in [1.807, 2.05) is 18.1 Å². The van der Waals surface area contributed by atoms with E-state index in [0.717, 1.165) is 36.7 Å². The molecule has 5 rings (SSSR count). The lowest BCUT2D eigenvalue weighted by molar-refractivity contribution is -0.00584. The number of hydrogen-bond donors (Lipinski definition) is 0. The summed E-state index contributed by atoms with van der Waals surface area (Å²) < 4.78 is 13.4. The molecule has 1 spiro atoms. The van der Waals surface area contributed by atoms with Gasteiger partial charge in [-0.3, -0.25) is 9.48 Å². The first-order valence-corrected chi connectivity index (χ1v) is 10.6. The minimum absolute atomic E-state index is 0.0373. The maximum absolute atomic E-state index is 12.9. The number of rotatable bonds is 2. The highest BCUT2D eigenvalue weighted by atomic mass is 16.5. The number of hydrogen-bond acceptors (Lipinski definition) is 7. The van der Waals surface area contributed by atoms with Crippen LogP contribution in [0.2, 0.25) is 0 Å². The molecule has 0 bridgehead atoms. The molecule has 9 heteroatoms. The van der Waals surface area contributed by atoms with Crippen LogP contribution in [-0.4, -0.2) is 75.5 Å². The van der Waals surface area contributed by atoms with Crippen molar-refractivity contribution >= 4 is 11.9 Å². The zero-order valence-electron chi connectivity index (χ0n) is 17.7.